The van der Waals surface area contributed by atoms with Crippen LogP contribution in [0.4, 0.5) is 17.1 Å². The number of rotatable bonds is 5. The van der Waals surface area contributed by atoms with Crippen LogP contribution in [0.3, 0.4) is 0 Å². The molecule has 3 N–H and O–H groups in total. The van der Waals surface area contributed by atoms with E-state index in [2.05, 4.69) is 4.90 Å². The van der Waals surface area contributed by atoms with Crippen LogP contribution >= 0.6 is 0 Å². The highest BCUT2D eigenvalue weighted by molar-refractivity contribution is 5.82. The summed E-state index contributed by atoms with van der Waals surface area (Å²) in [4.78, 5) is 2.11. The molecule has 5 nitrogen and oxygen atoms in total. The van der Waals surface area contributed by atoms with E-state index in [0.29, 0.717) is 17.1 Å². The molecule has 35 heavy (non-hydrogen) atoms. The van der Waals surface area contributed by atoms with E-state index in [1.165, 1.54) is 0 Å². The lowest BCUT2D eigenvalue weighted by Gasteiger charge is -2.30. The molecule has 180 valence electrons. The van der Waals surface area contributed by atoms with Crippen molar-refractivity contribution in [3.05, 3.63) is 94.0 Å². The second-order valence-electron chi connectivity index (χ2n) is 9.00. The van der Waals surface area contributed by atoms with Gasteiger partial charge in [-0.1, -0.05) is 12.1 Å². The molecular weight excluding hydrogens is 438 g/mol. The molecule has 0 unspecified atom stereocenters. The van der Waals surface area contributed by atoms with Crippen LogP contribution in [0.2, 0.25) is 0 Å². The fourth-order valence-electron chi connectivity index (χ4n) is 4.22. The van der Waals surface area contributed by atoms with E-state index in [0.717, 1.165) is 44.9 Å². The van der Waals surface area contributed by atoms with Crippen LogP contribution in [0, 0.1) is 41.5 Å². The second-order valence-corrected chi connectivity index (χ2v) is 9.00. The lowest BCUT2D eigenvalue weighted by molar-refractivity contribution is 0.445. The molecule has 0 aliphatic heterocycles. The van der Waals surface area contributed by atoms with Crippen molar-refractivity contribution in [3.63, 3.8) is 0 Å². The van der Waals surface area contributed by atoms with Crippen LogP contribution in [0.25, 0.3) is 0 Å². The molecule has 0 amide bonds. The smallest absolute Gasteiger partial charge is 0.134 e. The number of anilines is 3. The lowest BCUT2D eigenvalue weighted by Crippen LogP contribution is -2.13. The summed E-state index contributed by atoms with van der Waals surface area (Å²) in [6.07, 6.45) is 0. The minimum atomic E-state index is 0.227. The van der Waals surface area contributed by atoms with Crippen molar-refractivity contribution in [2.24, 2.45) is 0 Å². The largest absolute Gasteiger partial charge is 0.508 e. The van der Waals surface area contributed by atoms with Gasteiger partial charge in [-0.05, 0) is 112 Å². The van der Waals surface area contributed by atoms with Gasteiger partial charge in [-0.2, -0.15) is 0 Å². The summed E-state index contributed by atoms with van der Waals surface area (Å²) < 4.78 is 6.19. The molecule has 4 aromatic rings. The zero-order chi connectivity index (χ0) is 25.4. The van der Waals surface area contributed by atoms with Crippen molar-refractivity contribution in [1.29, 1.82) is 0 Å². The van der Waals surface area contributed by atoms with Crippen molar-refractivity contribution >= 4 is 17.1 Å². The average Bonchev–Trinajstić information content (AvgIpc) is 2.84. The van der Waals surface area contributed by atoms with Gasteiger partial charge in [0.2, 0.25) is 0 Å². The fourth-order valence-corrected chi connectivity index (χ4v) is 4.22. The highest BCUT2D eigenvalue weighted by Gasteiger charge is 2.21. The van der Waals surface area contributed by atoms with Gasteiger partial charge in [0.1, 0.15) is 28.7 Å². The molecule has 0 saturated heterocycles. The lowest BCUT2D eigenvalue weighted by atomic mass is 10.0. The number of nitrogens with zero attached hydrogens (tertiary/aromatic N) is 1. The van der Waals surface area contributed by atoms with Gasteiger partial charge in [-0.15, -0.1) is 0 Å². The molecule has 0 aromatic heterocycles. The highest BCUT2D eigenvalue weighted by Crippen LogP contribution is 2.43. The topological polar surface area (TPSA) is 73.2 Å². The molecule has 0 spiro atoms. The number of aryl methyl sites for hydroxylation is 1. The summed E-state index contributed by atoms with van der Waals surface area (Å²) in [6, 6.07) is 18.6. The third-order valence-electron chi connectivity index (χ3n) is 6.83. The normalized spacial score (nSPS) is 10.9. The molecule has 0 saturated carbocycles. The Kier molecular flexibility index (Phi) is 6.35. The first-order valence-corrected chi connectivity index (χ1v) is 11.6. The molecule has 5 heteroatoms. The van der Waals surface area contributed by atoms with Crippen molar-refractivity contribution in [3.8, 4) is 28.7 Å². The van der Waals surface area contributed by atoms with E-state index < -0.39 is 0 Å². The van der Waals surface area contributed by atoms with Gasteiger partial charge in [0, 0.05) is 28.7 Å². The van der Waals surface area contributed by atoms with Crippen LogP contribution < -0.4 is 9.64 Å². The van der Waals surface area contributed by atoms with Gasteiger partial charge in [0.25, 0.3) is 0 Å². The molecule has 0 heterocycles. The van der Waals surface area contributed by atoms with Crippen molar-refractivity contribution in [1.82, 2.24) is 0 Å². The molecule has 0 fully saturated rings. The van der Waals surface area contributed by atoms with E-state index in [1.54, 1.807) is 12.1 Å². The number of ether oxygens (including phenoxy) is 1. The van der Waals surface area contributed by atoms with E-state index in [9.17, 15) is 15.3 Å². The van der Waals surface area contributed by atoms with Gasteiger partial charge >= 0.3 is 0 Å². The Bertz CT molecular complexity index is 1370. The first kappa shape index (κ1) is 24.0. The number of phenolic OH excluding ortho intramolecular Hbond substituents is 3. The number of hydrogen-bond acceptors (Lipinski definition) is 5. The van der Waals surface area contributed by atoms with Crippen molar-refractivity contribution < 1.29 is 20.1 Å². The minimum Gasteiger partial charge on any atom is -0.508 e. The Morgan fingerprint density at radius 3 is 1.74 bits per heavy atom. The monoisotopic (exact) mass is 469 g/mol. The molecule has 0 aliphatic rings. The standard InChI is InChI=1S/C30H31NO4/c1-17-10-15-29(22(6)30(17)34)35-24-9-7-8-23(16-24)31(25-11-13-27(32)20(4)18(25)2)26-12-14-28(33)21(5)19(26)3/h7-16,32-34H,1-6H3. The molecule has 0 aliphatic carbocycles. The average molecular weight is 470 g/mol. The predicted octanol–water partition coefficient (Wildman–Crippen LogP) is 7.92. The SMILES string of the molecule is Cc1ccc(Oc2cccc(N(c3ccc(O)c(C)c3C)c3ccc(O)c(C)c3C)c2)c(C)c1O. The number of aromatic hydroxyl groups is 3. The summed E-state index contributed by atoms with van der Waals surface area (Å²) in [6.45, 7) is 11.5. The van der Waals surface area contributed by atoms with Crippen LogP contribution in [0.1, 0.15) is 33.4 Å². The maximum Gasteiger partial charge on any atom is 0.134 e. The van der Waals surface area contributed by atoms with Crippen LogP contribution in [-0.4, -0.2) is 15.3 Å². The fraction of sp³-hybridized carbons (Fsp3) is 0.200. The molecule has 0 bridgehead atoms. The maximum atomic E-state index is 10.3. The summed E-state index contributed by atoms with van der Waals surface area (Å²) in [5.74, 6) is 1.93. The van der Waals surface area contributed by atoms with Gasteiger partial charge in [0.05, 0.1) is 0 Å². The van der Waals surface area contributed by atoms with E-state index >= 15 is 0 Å². The van der Waals surface area contributed by atoms with Crippen LogP contribution in [-0.2, 0) is 0 Å². The van der Waals surface area contributed by atoms with E-state index in [1.807, 2.05) is 90.1 Å². The summed E-state index contributed by atoms with van der Waals surface area (Å²) in [5, 5.41) is 30.9. The maximum absolute atomic E-state index is 10.3. The van der Waals surface area contributed by atoms with Crippen LogP contribution in [0.5, 0.6) is 28.7 Å². The quantitative estimate of drug-likeness (QED) is 0.277. The van der Waals surface area contributed by atoms with E-state index in [4.69, 9.17) is 4.74 Å². The number of phenols is 3. The summed E-state index contributed by atoms with van der Waals surface area (Å²) in [7, 11) is 0. The first-order chi connectivity index (χ1) is 16.6. The third-order valence-corrected chi connectivity index (χ3v) is 6.83. The second kappa shape index (κ2) is 9.26. The van der Waals surface area contributed by atoms with Gasteiger partial charge in [-0.3, -0.25) is 0 Å². The number of benzene rings is 4. The minimum absolute atomic E-state index is 0.227. The highest BCUT2D eigenvalue weighted by atomic mass is 16.5. The third kappa shape index (κ3) is 4.37. The summed E-state index contributed by atoms with van der Waals surface area (Å²) in [5.41, 5.74) is 7.66. The molecule has 4 aromatic carbocycles. The first-order valence-electron chi connectivity index (χ1n) is 11.6. The van der Waals surface area contributed by atoms with Gasteiger partial charge in [0.15, 0.2) is 0 Å². The molecule has 0 atom stereocenters. The summed E-state index contributed by atoms with van der Waals surface area (Å²) >= 11 is 0. The van der Waals surface area contributed by atoms with Gasteiger partial charge < -0.3 is 25.0 Å². The Labute approximate surface area is 206 Å². The molecule has 4 rings (SSSR count). The Morgan fingerprint density at radius 1 is 0.600 bits per heavy atom. The Morgan fingerprint density at radius 2 is 1.17 bits per heavy atom. The van der Waals surface area contributed by atoms with Crippen molar-refractivity contribution in [2.75, 3.05) is 4.90 Å². The zero-order valence-corrected chi connectivity index (χ0v) is 21.0. The van der Waals surface area contributed by atoms with Crippen LogP contribution in [0.15, 0.2) is 60.7 Å². The zero-order valence-electron chi connectivity index (χ0n) is 21.0. The van der Waals surface area contributed by atoms with E-state index in [-0.39, 0.29) is 17.2 Å². The molecule has 0 radical (unpaired) electrons. The Balaban J connectivity index is 1.88. The molecular formula is C30H31NO4. The van der Waals surface area contributed by atoms with Gasteiger partial charge in [-0.25, -0.2) is 0 Å². The van der Waals surface area contributed by atoms with Crippen molar-refractivity contribution in [2.45, 2.75) is 41.5 Å². The Hall–Kier alpha value is -4.12. The number of hydrogen-bond donors (Lipinski definition) is 3. The predicted molar refractivity (Wildman–Crippen MR) is 141 cm³/mol.